The van der Waals surface area contributed by atoms with Gasteiger partial charge in [-0.05, 0) is 31.5 Å². The maximum absolute atomic E-state index is 13.9. The van der Waals surface area contributed by atoms with E-state index >= 15 is 0 Å². The van der Waals surface area contributed by atoms with Crippen molar-refractivity contribution in [2.75, 3.05) is 0 Å². The van der Waals surface area contributed by atoms with Gasteiger partial charge in [0.1, 0.15) is 0 Å². The van der Waals surface area contributed by atoms with Crippen LogP contribution in [0.4, 0.5) is 4.39 Å². The third-order valence-corrected chi connectivity index (χ3v) is 3.07. The van der Waals surface area contributed by atoms with Crippen molar-refractivity contribution in [3.63, 3.8) is 0 Å². The molecule has 96 valence electrons. The van der Waals surface area contributed by atoms with Crippen LogP contribution in [0.15, 0.2) is 30.6 Å². The summed E-state index contributed by atoms with van der Waals surface area (Å²) in [5.41, 5.74) is 3.65. The Bertz CT molecular complexity index is 748. The summed E-state index contributed by atoms with van der Waals surface area (Å²) in [6, 6.07) is 5.43. The van der Waals surface area contributed by atoms with E-state index in [2.05, 4.69) is 15.1 Å². The predicted molar refractivity (Wildman–Crippen MR) is 70.3 cm³/mol. The Labute approximate surface area is 109 Å². The monoisotopic (exact) mass is 256 g/mol. The number of halogens is 1. The summed E-state index contributed by atoms with van der Waals surface area (Å²) in [5.74, 6) is -0.364. The third kappa shape index (κ3) is 1.87. The average molecular weight is 256 g/mol. The van der Waals surface area contributed by atoms with Gasteiger partial charge in [-0.15, -0.1) is 0 Å². The van der Waals surface area contributed by atoms with Gasteiger partial charge >= 0.3 is 0 Å². The first-order chi connectivity index (χ1) is 9.20. The van der Waals surface area contributed by atoms with E-state index in [1.165, 1.54) is 6.20 Å². The van der Waals surface area contributed by atoms with E-state index in [0.717, 1.165) is 23.5 Å². The molecule has 4 nitrogen and oxygen atoms in total. The van der Waals surface area contributed by atoms with Gasteiger partial charge in [-0.25, -0.2) is 13.9 Å². The molecular weight excluding hydrogens is 243 g/mol. The zero-order chi connectivity index (χ0) is 13.4. The minimum absolute atomic E-state index is 0.364. The van der Waals surface area contributed by atoms with Gasteiger partial charge in [0.2, 0.25) is 0 Å². The fourth-order valence-electron chi connectivity index (χ4n) is 2.17. The normalized spacial score (nSPS) is 11.1. The lowest BCUT2D eigenvalue weighted by Crippen LogP contribution is -1.99. The summed E-state index contributed by atoms with van der Waals surface area (Å²) in [7, 11) is 0. The van der Waals surface area contributed by atoms with Gasteiger partial charge in [0.25, 0.3) is 0 Å². The maximum atomic E-state index is 13.9. The van der Waals surface area contributed by atoms with Crippen LogP contribution in [0.2, 0.25) is 0 Å². The van der Waals surface area contributed by atoms with Gasteiger partial charge < -0.3 is 0 Å². The number of fused-ring (bicyclic) bond motifs is 1. The molecule has 19 heavy (non-hydrogen) atoms. The molecule has 3 heterocycles. The molecular formula is C14H13FN4. The molecule has 5 heteroatoms. The molecule has 0 fully saturated rings. The number of hydrogen-bond donors (Lipinski definition) is 0. The quantitative estimate of drug-likeness (QED) is 0.708. The van der Waals surface area contributed by atoms with Gasteiger partial charge in [0.15, 0.2) is 11.5 Å². The van der Waals surface area contributed by atoms with Crippen molar-refractivity contribution in [2.24, 2.45) is 0 Å². The molecule has 0 saturated heterocycles. The molecule has 0 unspecified atom stereocenters. The molecule has 0 atom stereocenters. The summed E-state index contributed by atoms with van der Waals surface area (Å²) in [4.78, 5) is 8.26. The van der Waals surface area contributed by atoms with Crippen LogP contribution in [0.25, 0.3) is 16.9 Å². The molecule has 0 saturated carbocycles. The fraction of sp³-hybridized carbons (Fsp3) is 0.214. The summed E-state index contributed by atoms with van der Waals surface area (Å²) in [6.45, 7) is 3.93. The molecule has 0 radical (unpaired) electrons. The first-order valence-electron chi connectivity index (χ1n) is 6.16. The molecule has 0 spiro atoms. The first-order valence-corrected chi connectivity index (χ1v) is 6.16. The number of aromatic nitrogens is 4. The van der Waals surface area contributed by atoms with Crippen molar-refractivity contribution in [3.05, 3.63) is 47.8 Å². The van der Waals surface area contributed by atoms with Crippen LogP contribution >= 0.6 is 0 Å². The number of hydrogen-bond acceptors (Lipinski definition) is 3. The number of nitrogens with zero attached hydrogens (tertiary/aromatic N) is 4. The Morgan fingerprint density at radius 1 is 1.26 bits per heavy atom. The predicted octanol–water partition coefficient (Wildman–Crippen LogP) is 2.80. The van der Waals surface area contributed by atoms with Crippen LogP contribution in [0, 0.1) is 12.7 Å². The second-order valence-electron chi connectivity index (χ2n) is 4.36. The van der Waals surface area contributed by atoms with Crippen LogP contribution in [0.1, 0.15) is 18.3 Å². The van der Waals surface area contributed by atoms with Gasteiger partial charge in [0, 0.05) is 11.8 Å². The first kappa shape index (κ1) is 11.8. The van der Waals surface area contributed by atoms with Crippen molar-refractivity contribution < 1.29 is 4.39 Å². The molecule has 0 aliphatic heterocycles. The van der Waals surface area contributed by atoms with E-state index in [1.54, 1.807) is 16.8 Å². The molecule has 3 aromatic heterocycles. The molecule has 3 aromatic rings. The van der Waals surface area contributed by atoms with Crippen LogP contribution in [-0.4, -0.2) is 19.6 Å². The zero-order valence-electron chi connectivity index (χ0n) is 10.8. The van der Waals surface area contributed by atoms with Gasteiger partial charge in [-0.2, -0.15) is 5.10 Å². The number of imidazole rings is 1. The lowest BCUT2D eigenvalue weighted by Gasteiger charge is -2.02. The van der Waals surface area contributed by atoms with E-state index in [0.29, 0.717) is 11.3 Å². The Balaban J connectivity index is 2.33. The van der Waals surface area contributed by atoms with Gasteiger partial charge in [-0.3, -0.25) is 4.98 Å². The van der Waals surface area contributed by atoms with Crippen LogP contribution in [0.5, 0.6) is 0 Å². The van der Waals surface area contributed by atoms with E-state index in [1.807, 2.05) is 26.0 Å². The standard InChI is InChI=1S/C14H13FN4/c1-3-12-14(10-6-7-16-8-11(10)15)17-13-5-4-9(2)18-19(12)13/h4-8H,3H2,1-2H3. The minimum Gasteiger partial charge on any atom is -0.262 e. The van der Waals surface area contributed by atoms with Crippen molar-refractivity contribution in [1.29, 1.82) is 0 Å². The Morgan fingerprint density at radius 2 is 2.11 bits per heavy atom. The minimum atomic E-state index is -0.364. The maximum Gasteiger partial charge on any atom is 0.154 e. The second kappa shape index (κ2) is 4.42. The van der Waals surface area contributed by atoms with Crippen molar-refractivity contribution >= 4 is 5.65 Å². The van der Waals surface area contributed by atoms with E-state index < -0.39 is 0 Å². The topological polar surface area (TPSA) is 43.1 Å². The summed E-state index contributed by atoms with van der Waals surface area (Å²) >= 11 is 0. The lowest BCUT2D eigenvalue weighted by molar-refractivity contribution is 0.624. The van der Waals surface area contributed by atoms with Gasteiger partial charge in [0.05, 0.1) is 23.3 Å². The highest BCUT2D eigenvalue weighted by Crippen LogP contribution is 2.26. The van der Waals surface area contributed by atoms with E-state index in [9.17, 15) is 4.39 Å². The molecule has 0 aliphatic rings. The third-order valence-electron chi connectivity index (χ3n) is 3.07. The highest BCUT2D eigenvalue weighted by atomic mass is 19.1. The molecule has 3 rings (SSSR count). The number of aryl methyl sites for hydroxylation is 2. The Morgan fingerprint density at radius 3 is 2.84 bits per heavy atom. The summed E-state index contributed by atoms with van der Waals surface area (Å²) in [5, 5.41) is 4.44. The SMILES string of the molecule is CCc1c(-c2ccncc2F)nc2ccc(C)nn12. The highest BCUT2D eigenvalue weighted by molar-refractivity contribution is 5.66. The highest BCUT2D eigenvalue weighted by Gasteiger charge is 2.16. The largest absolute Gasteiger partial charge is 0.262 e. The molecule has 0 aliphatic carbocycles. The van der Waals surface area contributed by atoms with Crippen molar-refractivity contribution in [1.82, 2.24) is 19.6 Å². The van der Waals surface area contributed by atoms with Crippen LogP contribution < -0.4 is 0 Å². The zero-order valence-corrected chi connectivity index (χ0v) is 10.8. The molecule has 0 amide bonds. The van der Waals surface area contributed by atoms with Crippen molar-refractivity contribution in [2.45, 2.75) is 20.3 Å². The van der Waals surface area contributed by atoms with Gasteiger partial charge in [-0.1, -0.05) is 6.92 Å². The summed E-state index contributed by atoms with van der Waals surface area (Å²) < 4.78 is 15.6. The second-order valence-corrected chi connectivity index (χ2v) is 4.36. The Hall–Kier alpha value is -2.30. The van der Waals surface area contributed by atoms with E-state index in [4.69, 9.17) is 0 Å². The number of pyridine rings is 1. The Kier molecular flexibility index (Phi) is 2.74. The molecule has 0 bridgehead atoms. The fourth-order valence-corrected chi connectivity index (χ4v) is 2.17. The van der Waals surface area contributed by atoms with E-state index in [-0.39, 0.29) is 5.82 Å². The average Bonchev–Trinajstić information content (AvgIpc) is 2.76. The van der Waals surface area contributed by atoms with Crippen molar-refractivity contribution in [3.8, 4) is 11.3 Å². The lowest BCUT2D eigenvalue weighted by atomic mass is 10.1. The van der Waals surface area contributed by atoms with Crippen LogP contribution in [-0.2, 0) is 6.42 Å². The smallest absolute Gasteiger partial charge is 0.154 e. The summed E-state index contributed by atoms with van der Waals surface area (Å²) in [6.07, 6.45) is 3.51. The number of rotatable bonds is 2. The van der Waals surface area contributed by atoms with Crippen LogP contribution in [0.3, 0.4) is 0 Å². The molecule has 0 N–H and O–H groups in total. The molecule has 0 aromatic carbocycles.